The minimum absolute atomic E-state index is 0.168. The van der Waals surface area contributed by atoms with Crippen molar-refractivity contribution in [3.8, 4) is 5.69 Å². The van der Waals surface area contributed by atoms with E-state index in [1.807, 2.05) is 55.1 Å². The topological polar surface area (TPSA) is 84.4 Å². The van der Waals surface area contributed by atoms with E-state index in [-0.39, 0.29) is 11.0 Å². The second kappa shape index (κ2) is 9.55. The summed E-state index contributed by atoms with van der Waals surface area (Å²) in [5.41, 5.74) is 8.06. The number of thiocarbonyl (C=S) groups is 1. The van der Waals surface area contributed by atoms with E-state index in [1.165, 1.54) is 18.4 Å². The highest BCUT2D eigenvalue weighted by atomic mass is 32.1. The van der Waals surface area contributed by atoms with Gasteiger partial charge in [0.2, 0.25) is 0 Å². The van der Waals surface area contributed by atoms with Crippen molar-refractivity contribution in [2.24, 2.45) is 0 Å². The smallest absolute Gasteiger partial charge is 0.341 e. The van der Waals surface area contributed by atoms with Crippen LogP contribution in [-0.4, -0.2) is 28.7 Å². The Hall–Kier alpha value is -3.17. The van der Waals surface area contributed by atoms with E-state index in [1.54, 1.807) is 12.1 Å². The van der Waals surface area contributed by atoms with Crippen LogP contribution in [-0.2, 0) is 11.2 Å². The van der Waals surface area contributed by atoms with Crippen molar-refractivity contribution in [1.82, 2.24) is 15.4 Å². The van der Waals surface area contributed by atoms with Crippen molar-refractivity contribution in [2.75, 3.05) is 12.4 Å². The van der Waals surface area contributed by atoms with Gasteiger partial charge in [0.05, 0.1) is 12.7 Å². The molecule has 0 fully saturated rings. The minimum Gasteiger partial charge on any atom is -0.465 e. The average Bonchev–Trinajstić information content (AvgIpc) is 3.39. The van der Waals surface area contributed by atoms with Crippen LogP contribution in [0.4, 0.5) is 5.00 Å². The maximum Gasteiger partial charge on any atom is 0.341 e. The molecule has 7 nitrogen and oxygen atoms in total. The number of aryl methyl sites for hydroxylation is 1. The molecule has 156 valence electrons. The van der Waals surface area contributed by atoms with Gasteiger partial charge in [0.25, 0.3) is 5.91 Å². The maximum atomic E-state index is 12.4. The number of ether oxygens (including phenoxy) is 1. The van der Waals surface area contributed by atoms with E-state index in [9.17, 15) is 9.59 Å². The van der Waals surface area contributed by atoms with E-state index < -0.39 is 5.97 Å². The normalized spacial score (nSPS) is 10.4. The molecule has 2 heterocycles. The standard InChI is InChI=1S/C21H22N4O3S2/c1-4-16-13(2)30-19(17(16)20(27)28-3)22-21(29)24-23-18(26)14-7-9-15(10-8-14)25-11-5-6-12-25/h5-12H,4H2,1-3H3,(H,23,26)(H2,22,24,29). The van der Waals surface area contributed by atoms with Gasteiger partial charge in [-0.05, 0) is 67.5 Å². The van der Waals surface area contributed by atoms with Crippen LogP contribution in [0, 0.1) is 6.92 Å². The molecule has 1 aromatic carbocycles. The van der Waals surface area contributed by atoms with Gasteiger partial charge >= 0.3 is 5.97 Å². The van der Waals surface area contributed by atoms with Crippen molar-refractivity contribution < 1.29 is 14.3 Å². The van der Waals surface area contributed by atoms with Gasteiger partial charge in [-0.15, -0.1) is 11.3 Å². The van der Waals surface area contributed by atoms with Crippen molar-refractivity contribution in [3.63, 3.8) is 0 Å². The van der Waals surface area contributed by atoms with Crippen LogP contribution < -0.4 is 16.2 Å². The van der Waals surface area contributed by atoms with Gasteiger partial charge in [-0.3, -0.25) is 15.6 Å². The Morgan fingerprint density at radius 1 is 1.13 bits per heavy atom. The molecule has 0 aliphatic carbocycles. The maximum absolute atomic E-state index is 12.4. The highest BCUT2D eigenvalue weighted by molar-refractivity contribution is 7.80. The lowest BCUT2D eigenvalue weighted by Gasteiger charge is -2.12. The lowest BCUT2D eigenvalue weighted by molar-refractivity contribution is 0.0601. The quantitative estimate of drug-likeness (QED) is 0.316. The lowest BCUT2D eigenvalue weighted by atomic mass is 10.1. The molecule has 30 heavy (non-hydrogen) atoms. The number of methoxy groups -OCH3 is 1. The average molecular weight is 443 g/mol. The number of benzene rings is 1. The Labute approximate surface area is 184 Å². The number of amides is 1. The molecule has 0 spiro atoms. The summed E-state index contributed by atoms with van der Waals surface area (Å²) in [6, 6.07) is 11.0. The van der Waals surface area contributed by atoms with Gasteiger partial charge in [-0.1, -0.05) is 6.92 Å². The van der Waals surface area contributed by atoms with E-state index in [2.05, 4.69) is 16.2 Å². The number of esters is 1. The van der Waals surface area contributed by atoms with Gasteiger partial charge in [0.1, 0.15) is 5.00 Å². The SMILES string of the molecule is CCc1c(C)sc(NC(=S)NNC(=O)c2ccc(-n3cccc3)cc2)c1C(=O)OC. The lowest BCUT2D eigenvalue weighted by Crippen LogP contribution is -2.43. The molecule has 0 bridgehead atoms. The fourth-order valence-electron chi connectivity index (χ4n) is 3.02. The van der Waals surface area contributed by atoms with Crippen molar-refractivity contribution in [3.05, 3.63) is 70.4 Å². The summed E-state index contributed by atoms with van der Waals surface area (Å²) >= 11 is 6.68. The Bertz CT molecular complexity index is 1060. The molecule has 1 amide bonds. The monoisotopic (exact) mass is 442 g/mol. The molecular formula is C21H22N4O3S2. The number of thiophene rings is 1. The van der Waals surface area contributed by atoms with Gasteiger partial charge in [-0.25, -0.2) is 4.79 Å². The zero-order chi connectivity index (χ0) is 21.7. The Balaban J connectivity index is 1.62. The molecule has 3 N–H and O–H groups in total. The Kier molecular flexibility index (Phi) is 6.86. The first-order valence-electron chi connectivity index (χ1n) is 9.26. The van der Waals surface area contributed by atoms with E-state index in [4.69, 9.17) is 17.0 Å². The largest absolute Gasteiger partial charge is 0.465 e. The van der Waals surface area contributed by atoms with Crippen LogP contribution in [0.2, 0.25) is 0 Å². The first-order valence-corrected chi connectivity index (χ1v) is 10.5. The summed E-state index contributed by atoms with van der Waals surface area (Å²) in [6.45, 7) is 3.92. The van der Waals surface area contributed by atoms with Gasteiger partial charge in [-0.2, -0.15) is 0 Å². The molecular weight excluding hydrogens is 420 g/mol. The summed E-state index contributed by atoms with van der Waals surface area (Å²) in [4.78, 5) is 25.6. The van der Waals surface area contributed by atoms with Crippen molar-refractivity contribution in [1.29, 1.82) is 0 Å². The third-order valence-corrected chi connectivity index (χ3v) is 5.77. The van der Waals surface area contributed by atoms with E-state index >= 15 is 0 Å². The molecule has 9 heteroatoms. The fraction of sp³-hybridized carbons (Fsp3) is 0.190. The zero-order valence-electron chi connectivity index (χ0n) is 16.8. The Morgan fingerprint density at radius 3 is 2.40 bits per heavy atom. The number of carbonyl (C=O) groups is 2. The van der Waals surface area contributed by atoms with Crippen LogP contribution in [0.15, 0.2) is 48.8 Å². The molecule has 0 aliphatic rings. The van der Waals surface area contributed by atoms with E-state index in [0.717, 1.165) is 16.1 Å². The molecule has 3 rings (SSSR count). The number of rotatable bonds is 5. The molecule has 0 saturated carbocycles. The van der Waals surface area contributed by atoms with Crippen LogP contribution in [0.5, 0.6) is 0 Å². The van der Waals surface area contributed by atoms with Gasteiger partial charge in [0.15, 0.2) is 5.11 Å². The molecule has 2 aromatic heterocycles. The number of hydrazine groups is 1. The number of anilines is 1. The van der Waals surface area contributed by atoms with Crippen LogP contribution >= 0.6 is 23.6 Å². The Morgan fingerprint density at radius 2 is 1.80 bits per heavy atom. The summed E-state index contributed by atoms with van der Waals surface area (Å²) in [7, 11) is 1.34. The number of nitrogens with zero attached hydrogens (tertiary/aromatic N) is 1. The minimum atomic E-state index is -0.423. The third-order valence-electron chi connectivity index (χ3n) is 4.50. The molecule has 0 aliphatic heterocycles. The summed E-state index contributed by atoms with van der Waals surface area (Å²) in [5.74, 6) is -0.753. The number of hydrogen-bond donors (Lipinski definition) is 3. The predicted molar refractivity (Wildman–Crippen MR) is 122 cm³/mol. The second-order valence-corrected chi connectivity index (χ2v) is 7.99. The van der Waals surface area contributed by atoms with Crippen LogP contribution in [0.3, 0.4) is 0 Å². The molecule has 0 radical (unpaired) electrons. The second-order valence-electron chi connectivity index (χ2n) is 6.36. The van der Waals surface area contributed by atoms with E-state index in [0.29, 0.717) is 22.5 Å². The van der Waals surface area contributed by atoms with Crippen molar-refractivity contribution in [2.45, 2.75) is 20.3 Å². The summed E-state index contributed by atoms with van der Waals surface area (Å²) < 4.78 is 6.85. The van der Waals surface area contributed by atoms with Gasteiger partial charge < -0.3 is 14.6 Å². The third kappa shape index (κ3) is 4.69. The van der Waals surface area contributed by atoms with Gasteiger partial charge in [0, 0.05) is 28.5 Å². The van der Waals surface area contributed by atoms with Crippen LogP contribution in [0.25, 0.3) is 5.69 Å². The first-order chi connectivity index (χ1) is 14.4. The fourth-order valence-corrected chi connectivity index (χ4v) is 4.38. The number of aromatic nitrogens is 1. The molecule has 0 saturated heterocycles. The highest BCUT2D eigenvalue weighted by Gasteiger charge is 2.22. The summed E-state index contributed by atoms with van der Waals surface area (Å²) in [5, 5.41) is 3.73. The van der Waals surface area contributed by atoms with Crippen LogP contribution in [0.1, 0.15) is 38.1 Å². The highest BCUT2D eigenvalue weighted by Crippen LogP contribution is 2.33. The molecule has 0 atom stereocenters. The predicted octanol–water partition coefficient (Wildman–Crippen LogP) is 3.83. The van der Waals surface area contributed by atoms with Crippen molar-refractivity contribution >= 4 is 45.5 Å². The first kappa shape index (κ1) is 21.5. The molecule has 3 aromatic rings. The number of carbonyl (C=O) groups excluding carboxylic acids is 2. The number of hydrogen-bond acceptors (Lipinski definition) is 5. The number of nitrogens with one attached hydrogen (secondary N) is 3. The molecule has 0 unspecified atom stereocenters. The zero-order valence-corrected chi connectivity index (χ0v) is 18.4. The summed E-state index contributed by atoms with van der Waals surface area (Å²) in [6.07, 6.45) is 4.56.